The van der Waals surface area contributed by atoms with Gasteiger partial charge in [0, 0.05) is 30.8 Å². The largest absolute Gasteiger partial charge is 0.381 e. The third kappa shape index (κ3) is 4.18. The van der Waals surface area contributed by atoms with Crippen LogP contribution in [0.5, 0.6) is 0 Å². The Morgan fingerprint density at radius 1 is 1.39 bits per heavy atom. The summed E-state index contributed by atoms with van der Waals surface area (Å²) in [6.07, 6.45) is 3.73. The molecule has 1 saturated heterocycles. The van der Waals surface area contributed by atoms with E-state index in [1.807, 2.05) is 24.3 Å². The Morgan fingerprint density at radius 2 is 2.09 bits per heavy atom. The van der Waals surface area contributed by atoms with Gasteiger partial charge in [0.15, 0.2) is 0 Å². The van der Waals surface area contributed by atoms with E-state index in [4.69, 9.17) is 22.1 Å². The molecule has 1 aliphatic carbocycles. The molecular formula is C17H24Cl2N2O2. The summed E-state index contributed by atoms with van der Waals surface area (Å²) in [6.45, 7) is 1.73. The van der Waals surface area contributed by atoms with Gasteiger partial charge in [-0.1, -0.05) is 23.7 Å². The molecule has 3 N–H and O–H groups in total. The van der Waals surface area contributed by atoms with Crippen LogP contribution in [0.2, 0.25) is 5.02 Å². The molecule has 2 aliphatic rings. The van der Waals surface area contributed by atoms with E-state index in [2.05, 4.69) is 5.32 Å². The summed E-state index contributed by atoms with van der Waals surface area (Å²) >= 11 is 6.13. The molecule has 0 radical (unpaired) electrons. The third-order valence-corrected chi connectivity index (χ3v) is 5.12. The van der Waals surface area contributed by atoms with E-state index in [1.165, 1.54) is 12.8 Å². The average Bonchev–Trinajstić information content (AvgIpc) is 3.38. The van der Waals surface area contributed by atoms with Crippen molar-refractivity contribution in [1.82, 2.24) is 5.32 Å². The van der Waals surface area contributed by atoms with Crippen LogP contribution in [0.15, 0.2) is 24.3 Å². The topological polar surface area (TPSA) is 64.3 Å². The van der Waals surface area contributed by atoms with Crippen LogP contribution in [0.1, 0.15) is 31.2 Å². The molecule has 1 heterocycles. The van der Waals surface area contributed by atoms with Gasteiger partial charge in [-0.25, -0.2) is 0 Å². The predicted octanol–water partition coefficient (Wildman–Crippen LogP) is 2.66. The van der Waals surface area contributed by atoms with Crippen LogP contribution in [-0.4, -0.2) is 31.7 Å². The van der Waals surface area contributed by atoms with Crippen molar-refractivity contribution in [1.29, 1.82) is 0 Å². The summed E-state index contributed by atoms with van der Waals surface area (Å²) in [5, 5.41) is 3.73. The Kier molecular flexibility index (Phi) is 6.32. The van der Waals surface area contributed by atoms with Crippen LogP contribution in [0.4, 0.5) is 0 Å². The lowest BCUT2D eigenvalue weighted by atomic mass is 9.73. The van der Waals surface area contributed by atoms with Gasteiger partial charge in [0.05, 0.1) is 5.41 Å². The van der Waals surface area contributed by atoms with E-state index in [0.717, 1.165) is 5.56 Å². The van der Waals surface area contributed by atoms with Crippen LogP contribution >= 0.6 is 24.0 Å². The zero-order valence-electron chi connectivity index (χ0n) is 13.1. The van der Waals surface area contributed by atoms with Gasteiger partial charge >= 0.3 is 0 Å². The monoisotopic (exact) mass is 358 g/mol. The van der Waals surface area contributed by atoms with Gasteiger partial charge in [0.2, 0.25) is 5.91 Å². The lowest BCUT2D eigenvalue weighted by molar-refractivity contribution is -0.130. The lowest BCUT2D eigenvalue weighted by Crippen LogP contribution is -2.50. The van der Waals surface area contributed by atoms with E-state index in [9.17, 15) is 4.79 Å². The van der Waals surface area contributed by atoms with Crippen LogP contribution < -0.4 is 11.1 Å². The number of amides is 1. The Balaban J connectivity index is 0.00000192. The smallest absolute Gasteiger partial charge is 0.230 e. The second-order valence-corrected chi connectivity index (χ2v) is 6.85. The second kappa shape index (κ2) is 7.84. The molecule has 1 unspecified atom stereocenters. The maximum absolute atomic E-state index is 12.9. The van der Waals surface area contributed by atoms with Gasteiger partial charge in [-0.2, -0.15) is 0 Å². The highest BCUT2D eigenvalue weighted by atomic mass is 35.5. The molecule has 2 fully saturated rings. The van der Waals surface area contributed by atoms with Gasteiger partial charge < -0.3 is 15.8 Å². The van der Waals surface area contributed by atoms with E-state index >= 15 is 0 Å². The van der Waals surface area contributed by atoms with Crippen molar-refractivity contribution in [3.05, 3.63) is 34.9 Å². The fourth-order valence-electron chi connectivity index (χ4n) is 3.22. The molecule has 0 spiro atoms. The molecule has 6 heteroatoms. The Bertz CT molecular complexity index is 543. The number of halogens is 2. The van der Waals surface area contributed by atoms with Crippen molar-refractivity contribution >= 4 is 29.9 Å². The van der Waals surface area contributed by atoms with Crippen LogP contribution in [-0.2, 0) is 14.9 Å². The zero-order chi connectivity index (χ0) is 15.6. The van der Waals surface area contributed by atoms with Crippen LogP contribution in [0.25, 0.3) is 0 Å². The quantitative estimate of drug-likeness (QED) is 0.850. The van der Waals surface area contributed by atoms with Gasteiger partial charge in [0.25, 0.3) is 0 Å². The van der Waals surface area contributed by atoms with Gasteiger partial charge in [0.1, 0.15) is 0 Å². The summed E-state index contributed by atoms with van der Waals surface area (Å²) in [4.78, 5) is 12.9. The minimum absolute atomic E-state index is 0. The van der Waals surface area contributed by atoms with Crippen molar-refractivity contribution in [2.45, 2.75) is 37.1 Å². The van der Waals surface area contributed by atoms with Gasteiger partial charge in [-0.3, -0.25) is 4.79 Å². The molecular weight excluding hydrogens is 335 g/mol. The zero-order valence-corrected chi connectivity index (χ0v) is 14.7. The van der Waals surface area contributed by atoms with E-state index < -0.39 is 5.41 Å². The number of carbonyl (C=O) groups excluding carboxylic acids is 1. The maximum Gasteiger partial charge on any atom is 0.230 e. The van der Waals surface area contributed by atoms with Crippen molar-refractivity contribution < 1.29 is 9.53 Å². The maximum atomic E-state index is 12.9. The molecule has 1 atom stereocenters. The van der Waals surface area contributed by atoms with E-state index in [0.29, 0.717) is 43.5 Å². The Hall–Kier alpha value is -0.810. The third-order valence-electron chi connectivity index (χ3n) is 4.88. The van der Waals surface area contributed by atoms with Gasteiger partial charge in [-0.05, 0) is 49.3 Å². The number of hydrogen-bond acceptors (Lipinski definition) is 3. The fraction of sp³-hybridized carbons (Fsp3) is 0.588. The number of carbonyl (C=O) groups is 1. The van der Waals surface area contributed by atoms with Crippen molar-refractivity contribution in [2.24, 2.45) is 11.7 Å². The van der Waals surface area contributed by atoms with Crippen LogP contribution in [0.3, 0.4) is 0 Å². The number of hydrogen-bond donors (Lipinski definition) is 2. The first-order valence-corrected chi connectivity index (χ1v) is 8.37. The van der Waals surface area contributed by atoms with E-state index in [1.54, 1.807) is 0 Å². The summed E-state index contributed by atoms with van der Waals surface area (Å²) in [7, 11) is 0. The summed E-state index contributed by atoms with van der Waals surface area (Å²) in [6, 6.07) is 7.68. The Morgan fingerprint density at radius 3 is 2.70 bits per heavy atom. The lowest BCUT2D eigenvalue weighted by Gasteiger charge is -2.36. The van der Waals surface area contributed by atoms with Crippen LogP contribution in [0, 0.1) is 5.92 Å². The highest BCUT2D eigenvalue weighted by Gasteiger charge is 2.42. The normalized spacial score (nSPS) is 21.1. The SMILES string of the molecule is Cl.NC(CNC(=O)C1(c2cccc(Cl)c2)CCOCC1)C1CC1. The molecule has 0 aromatic heterocycles. The standard InChI is InChI=1S/C17H23ClN2O2.ClH/c18-14-3-1-2-13(10-14)17(6-8-22-9-7-17)16(21)20-11-15(19)12-4-5-12;/h1-3,10,12,15H,4-9,11,19H2,(H,20,21);1H. The highest BCUT2D eigenvalue weighted by molar-refractivity contribution is 6.30. The first kappa shape index (κ1) is 18.5. The summed E-state index contributed by atoms with van der Waals surface area (Å²) in [5.41, 5.74) is 6.53. The van der Waals surface area contributed by atoms with Crippen molar-refractivity contribution in [3.63, 3.8) is 0 Å². The number of benzene rings is 1. The molecule has 128 valence electrons. The molecule has 4 nitrogen and oxygen atoms in total. The summed E-state index contributed by atoms with van der Waals surface area (Å²) in [5.74, 6) is 0.631. The van der Waals surface area contributed by atoms with Crippen molar-refractivity contribution in [3.8, 4) is 0 Å². The molecule has 3 rings (SSSR count). The number of ether oxygens (including phenoxy) is 1. The first-order valence-electron chi connectivity index (χ1n) is 7.99. The molecule has 1 aromatic carbocycles. The highest BCUT2D eigenvalue weighted by Crippen LogP contribution is 2.36. The number of rotatable bonds is 5. The average molecular weight is 359 g/mol. The number of nitrogens with one attached hydrogen (secondary N) is 1. The minimum atomic E-state index is -0.549. The fourth-order valence-corrected chi connectivity index (χ4v) is 3.41. The summed E-state index contributed by atoms with van der Waals surface area (Å²) < 4.78 is 5.46. The molecule has 1 aliphatic heterocycles. The molecule has 1 amide bonds. The number of nitrogens with two attached hydrogens (primary N) is 1. The van der Waals surface area contributed by atoms with E-state index in [-0.39, 0.29) is 24.4 Å². The second-order valence-electron chi connectivity index (χ2n) is 6.42. The molecule has 1 aromatic rings. The molecule has 1 saturated carbocycles. The van der Waals surface area contributed by atoms with Crippen molar-refractivity contribution in [2.75, 3.05) is 19.8 Å². The van der Waals surface area contributed by atoms with Gasteiger partial charge in [-0.15, -0.1) is 12.4 Å². The minimum Gasteiger partial charge on any atom is -0.381 e. The molecule has 0 bridgehead atoms. The Labute approximate surface area is 148 Å². The predicted molar refractivity (Wildman–Crippen MR) is 94.1 cm³/mol. The molecule has 23 heavy (non-hydrogen) atoms. The first-order chi connectivity index (χ1) is 10.6.